The first kappa shape index (κ1) is 10.8. The molecule has 0 aliphatic rings. The summed E-state index contributed by atoms with van der Waals surface area (Å²) in [6, 6.07) is 2.50. The van der Waals surface area contributed by atoms with Gasteiger partial charge in [-0.1, -0.05) is 23.2 Å². The molecule has 0 saturated carbocycles. The molecule has 1 aromatic rings. The molecule has 74 valence electrons. The first-order valence-electron chi connectivity index (χ1n) is 3.45. The van der Waals surface area contributed by atoms with Gasteiger partial charge in [-0.2, -0.15) is 0 Å². The number of carboxylic acids is 1. The van der Waals surface area contributed by atoms with E-state index in [-0.39, 0.29) is 21.3 Å². The van der Waals surface area contributed by atoms with Crippen LogP contribution in [0.15, 0.2) is 12.1 Å². The summed E-state index contributed by atoms with van der Waals surface area (Å²) in [5.41, 5.74) is 5.14. The molecule has 1 rings (SSSR count). The second-order valence-electron chi connectivity index (χ2n) is 2.48. The predicted molar refractivity (Wildman–Crippen MR) is 52.8 cm³/mol. The first-order chi connectivity index (χ1) is 6.43. The lowest BCUT2D eigenvalue weighted by Gasteiger charge is -2.04. The minimum absolute atomic E-state index is 0.0575. The average molecular weight is 234 g/mol. The summed E-state index contributed by atoms with van der Waals surface area (Å²) in [4.78, 5) is 21.5. The molecule has 14 heavy (non-hydrogen) atoms. The lowest BCUT2D eigenvalue weighted by molar-refractivity contribution is -0.131. The van der Waals surface area contributed by atoms with E-state index < -0.39 is 11.8 Å². The number of aliphatic carboxylic acids is 1. The van der Waals surface area contributed by atoms with Gasteiger partial charge in [0.25, 0.3) is 5.78 Å². The van der Waals surface area contributed by atoms with E-state index in [9.17, 15) is 9.59 Å². The van der Waals surface area contributed by atoms with Crippen LogP contribution in [0.1, 0.15) is 10.4 Å². The molecule has 0 spiro atoms. The molecular weight excluding hydrogens is 229 g/mol. The van der Waals surface area contributed by atoms with Gasteiger partial charge in [-0.3, -0.25) is 4.79 Å². The van der Waals surface area contributed by atoms with Crippen LogP contribution in [0.25, 0.3) is 0 Å². The lowest BCUT2D eigenvalue weighted by Crippen LogP contribution is -2.14. The minimum Gasteiger partial charge on any atom is -0.475 e. The number of benzene rings is 1. The monoisotopic (exact) mass is 233 g/mol. The SMILES string of the molecule is Nc1c(Cl)cc(Cl)cc1C(=O)C(=O)O. The number of halogens is 2. The van der Waals surface area contributed by atoms with Crippen LogP contribution in [-0.2, 0) is 4.79 Å². The quantitative estimate of drug-likeness (QED) is 0.464. The molecule has 1 aromatic carbocycles. The zero-order chi connectivity index (χ0) is 10.9. The number of Topliss-reactive ketones (excluding diaryl/α,β-unsaturated/α-hetero) is 1. The third-order valence-corrected chi connectivity index (χ3v) is 2.06. The van der Waals surface area contributed by atoms with Gasteiger partial charge < -0.3 is 10.8 Å². The second-order valence-corrected chi connectivity index (χ2v) is 3.33. The van der Waals surface area contributed by atoms with Gasteiger partial charge in [0.05, 0.1) is 16.3 Å². The Morgan fingerprint density at radius 3 is 2.36 bits per heavy atom. The zero-order valence-electron chi connectivity index (χ0n) is 6.75. The van der Waals surface area contributed by atoms with Crippen molar-refractivity contribution in [3.63, 3.8) is 0 Å². The van der Waals surface area contributed by atoms with Crippen molar-refractivity contribution in [3.8, 4) is 0 Å². The van der Waals surface area contributed by atoms with Crippen molar-refractivity contribution in [3.05, 3.63) is 27.7 Å². The Bertz CT molecular complexity index is 417. The molecule has 0 saturated heterocycles. The molecule has 0 unspecified atom stereocenters. The fourth-order valence-electron chi connectivity index (χ4n) is 0.888. The van der Waals surface area contributed by atoms with Crippen LogP contribution in [0.2, 0.25) is 10.0 Å². The van der Waals surface area contributed by atoms with Gasteiger partial charge in [-0.05, 0) is 12.1 Å². The summed E-state index contributed by atoms with van der Waals surface area (Å²) < 4.78 is 0. The maximum atomic E-state index is 11.1. The average Bonchev–Trinajstić information content (AvgIpc) is 2.09. The number of nitrogens with two attached hydrogens (primary N) is 1. The van der Waals surface area contributed by atoms with E-state index in [0.717, 1.165) is 0 Å². The largest absolute Gasteiger partial charge is 0.475 e. The number of hydrogen-bond acceptors (Lipinski definition) is 3. The molecule has 0 atom stereocenters. The molecule has 0 aromatic heterocycles. The zero-order valence-corrected chi connectivity index (χ0v) is 8.26. The molecule has 0 fully saturated rings. The van der Waals surface area contributed by atoms with Gasteiger partial charge in [-0.15, -0.1) is 0 Å². The number of ketones is 1. The van der Waals surface area contributed by atoms with E-state index in [0.29, 0.717) is 0 Å². The Morgan fingerprint density at radius 1 is 1.29 bits per heavy atom. The molecule has 0 aliphatic carbocycles. The fraction of sp³-hybridized carbons (Fsp3) is 0. The third-order valence-electron chi connectivity index (χ3n) is 1.53. The number of carbonyl (C=O) groups is 2. The van der Waals surface area contributed by atoms with Crippen LogP contribution in [0.5, 0.6) is 0 Å². The van der Waals surface area contributed by atoms with Crippen LogP contribution in [0.4, 0.5) is 5.69 Å². The van der Waals surface area contributed by atoms with Gasteiger partial charge in [-0.25, -0.2) is 4.79 Å². The molecular formula is C8H5Cl2NO3. The minimum atomic E-state index is -1.60. The highest BCUT2D eigenvalue weighted by Gasteiger charge is 2.19. The van der Waals surface area contributed by atoms with Crippen molar-refractivity contribution in [2.75, 3.05) is 5.73 Å². The Hall–Kier alpha value is -1.26. The Morgan fingerprint density at radius 2 is 1.86 bits per heavy atom. The number of carbonyl (C=O) groups excluding carboxylic acids is 1. The Balaban J connectivity index is 3.34. The van der Waals surface area contributed by atoms with Crippen molar-refractivity contribution in [1.29, 1.82) is 0 Å². The van der Waals surface area contributed by atoms with Crippen LogP contribution in [0, 0.1) is 0 Å². The van der Waals surface area contributed by atoms with Crippen LogP contribution < -0.4 is 5.73 Å². The smallest absolute Gasteiger partial charge is 0.377 e. The number of rotatable bonds is 2. The highest BCUT2D eigenvalue weighted by molar-refractivity contribution is 6.44. The molecule has 0 radical (unpaired) electrons. The summed E-state index contributed by atoms with van der Waals surface area (Å²) >= 11 is 11.2. The van der Waals surface area contributed by atoms with Crippen LogP contribution in [-0.4, -0.2) is 16.9 Å². The normalized spacial score (nSPS) is 9.86. The molecule has 4 nitrogen and oxygen atoms in total. The highest BCUT2D eigenvalue weighted by atomic mass is 35.5. The third kappa shape index (κ3) is 1.97. The molecule has 3 N–H and O–H groups in total. The van der Waals surface area contributed by atoms with Crippen molar-refractivity contribution in [1.82, 2.24) is 0 Å². The number of nitrogen functional groups attached to an aromatic ring is 1. The summed E-state index contributed by atoms with van der Waals surface area (Å²) in [5.74, 6) is -2.73. The van der Waals surface area contributed by atoms with Crippen molar-refractivity contribution in [2.24, 2.45) is 0 Å². The molecule has 0 heterocycles. The molecule has 0 aliphatic heterocycles. The maximum Gasteiger partial charge on any atom is 0.377 e. The number of carboxylic acid groups (broad SMARTS) is 1. The first-order valence-corrected chi connectivity index (χ1v) is 4.21. The summed E-state index contributed by atoms with van der Waals surface area (Å²) in [5, 5.41) is 8.67. The highest BCUT2D eigenvalue weighted by Crippen LogP contribution is 2.27. The van der Waals surface area contributed by atoms with Crippen LogP contribution >= 0.6 is 23.2 Å². The fourth-order valence-corrected chi connectivity index (χ4v) is 1.38. The molecule has 0 bridgehead atoms. The topological polar surface area (TPSA) is 80.4 Å². The van der Waals surface area contributed by atoms with Gasteiger partial charge in [0.1, 0.15) is 0 Å². The van der Waals surface area contributed by atoms with Gasteiger partial charge in [0, 0.05) is 5.02 Å². The maximum absolute atomic E-state index is 11.1. The second kappa shape index (κ2) is 3.86. The number of anilines is 1. The summed E-state index contributed by atoms with van der Waals surface area (Å²) in [6.07, 6.45) is 0. The Kier molecular flexibility index (Phi) is 2.98. The van der Waals surface area contributed by atoms with E-state index >= 15 is 0 Å². The van der Waals surface area contributed by atoms with E-state index in [1.807, 2.05) is 0 Å². The Labute approximate surface area is 89.2 Å². The van der Waals surface area contributed by atoms with Crippen LogP contribution in [0.3, 0.4) is 0 Å². The van der Waals surface area contributed by atoms with E-state index in [1.165, 1.54) is 12.1 Å². The van der Waals surface area contributed by atoms with E-state index in [4.69, 9.17) is 34.0 Å². The van der Waals surface area contributed by atoms with Gasteiger partial charge in [0.2, 0.25) is 0 Å². The van der Waals surface area contributed by atoms with Gasteiger partial charge in [0.15, 0.2) is 0 Å². The standard InChI is InChI=1S/C8H5Cl2NO3/c9-3-1-4(7(12)8(13)14)6(11)5(10)2-3/h1-2H,11H2,(H,13,14). The predicted octanol–water partition coefficient (Wildman–Crippen LogP) is 1.84. The summed E-state index contributed by atoms with van der Waals surface area (Å²) in [6.45, 7) is 0. The van der Waals surface area contributed by atoms with E-state index in [2.05, 4.69) is 0 Å². The summed E-state index contributed by atoms with van der Waals surface area (Å²) in [7, 11) is 0. The van der Waals surface area contributed by atoms with E-state index in [1.54, 1.807) is 0 Å². The molecule has 6 heteroatoms. The van der Waals surface area contributed by atoms with Crippen molar-refractivity contribution >= 4 is 40.6 Å². The van der Waals surface area contributed by atoms with Crippen molar-refractivity contribution < 1.29 is 14.7 Å². The molecule has 0 amide bonds. The lowest BCUT2D eigenvalue weighted by atomic mass is 10.1. The van der Waals surface area contributed by atoms with Crippen molar-refractivity contribution in [2.45, 2.75) is 0 Å². The van der Waals surface area contributed by atoms with Gasteiger partial charge >= 0.3 is 5.97 Å². The number of hydrogen-bond donors (Lipinski definition) is 2.